The fourth-order valence-electron chi connectivity index (χ4n) is 2.20. The number of aromatic nitrogens is 2. The van der Waals surface area contributed by atoms with E-state index in [9.17, 15) is 8.78 Å². The molecule has 1 aromatic heterocycles. The SMILES string of the molecule is CCn1cc(CC(Cc2ccc(F)cc2F)NC)cn1. The number of aryl methyl sites for hydroxylation is 1. The summed E-state index contributed by atoms with van der Waals surface area (Å²) in [6.45, 7) is 2.86. The highest BCUT2D eigenvalue weighted by Crippen LogP contribution is 2.14. The molecule has 2 aromatic rings. The first-order valence-corrected chi connectivity index (χ1v) is 6.75. The fraction of sp³-hybridized carbons (Fsp3) is 0.400. The van der Waals surface area contributed by atoms with Gasteiger partial charge < -0.3 is 5.32 Å². The lowest BCUT2D eigenvalue weighted by atomic mass is 10.0. The van der Waals surface area contributed by atoms with Gasteiger partial charge in [-0.3, -0.25) is 4.68 Å². The second-order valence-electron chi connectivity index (χ2n) is 4.83. The van der Waals surface area contributed by atoms with Gasteiger partial charge in [-0.1, -0.05) is 6.07 Å². The monoisotopic (exact) mass is 279 g/mol. The third-order valence-corrected chi connectivity index (χ3v) is 3.38. The normalized spacial score (nSPS) is 12.6. The molecule has 108 valence electrons. The van der Waals surface area contributed by atoms with Gasteiger partial charge in [0.25, 0.3) is 0 Å². The molecule has 0 bridgehead atoms. The van der Waals surface area contributed by atoms with Crippen molar-refractivity contribution in [2.75, 3.05) is 7.05 Å². The first-order valence-electron chi connectivity index (χ1n) is 6.75. The Bertz CT molecular complexity index is 566. The fourth-order valence-corrected chi connectivity index (χ4v) is 2.20. The van der Waals surface area contributed by atoms with Crippen LogP contribution in [0.25, 0.3) is 0 Å². The van der Waals surface area contributed by atoms with Gasteiger partial charge in [-0.25, -0.2) is 8.78 Å². The van der Waals surface area contributed by atoms with Crippen LogP contribution in [-0.4, -0.2) is 22.9 Å². The molecule has 1 unspecified atom stereocenters. The predicted molar refractivity (Wildman–Crippen MR) is 74.5 cm³/mol. The highest BCUT2D eigenvalue weighted by Gasteiger charge is 2.13. The highest BCUT2D eigenvalue weighted by atomic mass is 19.1. The van der Waals surface area contributed by atoms with E-state index in [4.69, 9.17) is 0 Å². The minimum atomic E-state index is -0.545. The first kappa shape index (κ1) is 14.7. The summed E-state index contributed by atoms with van der Waals surface area (Å²) >= 11 is 0. The van der Waals surface area contributed by atoms with Gasteiger partial charge in [-0.05, 0) is 44.0 Å². The van der Waals surface area contributed by atoms with E-state index in [2.05, 4.69) is 10.4 Å². The second kappa shape index (κ2) is 6.61. The molecule has 0 saturated heterocycles. The van der Waals surface area contributed by atoms with Crippen LogP contribution in [0.15, 0.2) is 30.6 Å². The zero-order valence-electron chi connectivity index (χ0n) is 11.7. The van der Waals surface area contributed by atoms with Crippen molar-refractivity contribution < 1.29 is 8.78 Å². The third-order valence-electron chi connectivity index (χ3n) is 3.38. The summed E-state index contributed by atoms with van der Waals surface area (Å²) in [6.07, 6.45) is 5.09. The summed E-state index contributed by atoms with van der Waals surface area (Å²) in [5.74, 6) is -1.04. The lowest BCUT2D eigenvalue weighted by molar-refractivity contribution is 0.524. The molecule has 0 aliphatic carbocycles. The van der Waals surface area contributed by atoms with E-state index in [0.29, 0.717) is 12.0 Å². The van der Waals surface area contributed by atoms with Crippen LogP contribution in [0.4, 0.5) is 8.78 Å². The number of halogens is 2. The zero-order chi connectivity index (χ0) is 14.5. The quantitative estimate of drug-likeness (QED) is 0.880. The minimum absolute atomic E-state index is 0.0875. The molecule has 0 fully saturated rings. The van der Waals surface area contributed by atoms with Gasteiger partial charge in [-0.2, -0.15) is 5.10 Å². The molecule has 0 saturated carbocycles. The van der Waals surface area contributed by atoms with Gasteiger partial charge in [0.15, 0.2) is 0 Å². The maximum Gasteiger partial charge on any atom is 0.129 e. The maximum absolute atomic E-state index is 13.7. The summed E-state index contributed by atoms with van der Waals surface area (Å²) in [5, 5.41) is 7.39. The van der Waals surface area contributed by atoms with Gasteiger partial charge in [0, 0.05) is 24.8 Å². The van der Waals surface area contributed by atoms with Crippen LogP contribution in [0.3, 0.4) is 0 Å². The Morgan fingerprint density at radius 2 is 2.10 bits per heavy atom. The Labute approximate surface area is 117 Å². The van der Waals surface area contributed by atoms with Crippen molar-refractivity contribution in [1.29, 1.82) is 0 Å². The van der Waals surface area contributed by atoms with Crippen molar-refractivity contribution >= 4 is 0 Å². The number of nitrogens with one attached hydrogen (secondary N) is 1. The van der Waals surface area contributed by atoms with Crippen LogP contribution in [0.1, 0.15) is 18.1 Å². The van der Waals surface area contributed by atoms with E-state index in [-0.39, 0.29) is 6.04 Å². The molecule has 0 radical (unpaired) electrons. The Kier molecular flexibility index (Phi) is 4.84. The Balaban J connectivity index is 2.04. The lowest BCUT2D eigenvalue weighted by Gasteiger charge is -2.15. The molecular weight excluding hydrogens is 260 g/mol. The van der Waals surface area contributed by atoms with E-state index in [0.717, 1.165) is 24.6 Å². The molecule has 0 aliphatic heterocycles. The summed E-state index contributed by atoms with van der Waals surface area (Å²) in [5.41, 5.74) is 1.63. The average molecular weight is 279 g/mol. The van der Waals surface area contributed by atoms with Crippen LogP contribution in [-0.2, 0) is 19.4 Å². The number of likely N-dealkylation sites (N-methyl/N-ethyl adjacent to an activating group) is 1. The molecule has 2 rings (SSSR count). The largest absolute Gasteiger partial charge is 0.316 e. The summed E-state index contributed by atoms with van der Waals surface area (Å²) in [4.78, 5) is 0. The summed E-state index contributed by atoms with van der Waals surface area (Å²) in [7, 11) is 1.84. The van der Waals surface area contributed by atoms with E-state index < -0.39 is 11.6 Å². The molecular formula is C15H19F2N3. The van der Waals surface area contributed by atoms with E-state index in [1.807, 2.05) is 31.0 Å². The number of hydrogen-bond donors (Lipinski definition) is 1. The van der Waals surface area contributed by atoms with Gasteiger partial charge in [0.1, 0.15) is 11.6 Å². The molecule has 1 atom stereocenters. The molecule has 0 amide bonds. The van der Waals surface area contributed by atoms with Crippen LogP contribution in [0.2, 0.25) is 0 Å². The van der Waals surface area contributed by atoms with Crippen LogP contribution in [0, 0.1) is 11.6 Å². The Hall–Kier alpha value is -1.75. The molecule has 1 heterocycles. The van der Waals surface area contributed by atoms with Crippen molar-refractivity contribution in [3.63, 3.8) is 0 Å². The molecule has 5 heteroatoms. The van der Waals surface area contributed by atoms with Crippen LogP contribution < -0.4 is 5.32 Å². The van der Waals surface area contributed by atoms with E-state index >= 15 is 0 Å². The van der Waals surface area contributed by atoms with E-state index in [1.54, 1.807) is 0 Å². The Morgan fingerprint density at radius 3 is 2.70 bits per heavy atom. The number of benzene rings is 1. The van der Waals surface area contributed by atoms with Crippen molar-refractivity contribution in [3.8, 4) is 0 Å². The zero-order valence-corrected chi connectivity index (χ0v) is 11.7. The standard InChI is InChI=1S/C15H19F2N3/c1-3-20-10-11(9-19-20)6-14(18-2)7-12-4-5-13(16)8-15(12)17/h4-5,8-10,14,18H,3,6-7H2,1-2H3. The Morgan fingerprint density at radius 1 is 1.30 bits per heavy atom. The van der Waals surface area contributed by atoms with Crippen LogP contribution in [0.5, 0.6) is 0 Å². The number of nitrogens with zero attached hydrogens (tertiary/aromatic N) is 2. The van der Waals surface area contributed by atoms with Crippen molar-refractivity contribution in [2.45, 2.75) is 32.4 Å². The molecule has 1 aromatic carbocycles. The maximum atomic E-state index is 13.7. The van der Waals surface area contributed by atoms with Gasteiger partial charge >= 0.3 is 0 Å². The predicted octanol–water partition coefficient (Wildman–Crippen LogP) is 2.55. The molecule has 3 nitrogen and oxygen atoms in total. The van der Waals surface area contributed by atoms with Gasteiger partial charge in [0.2, 0.25) is 0 Å². The first-order chi connectivity index (χ1) is 9.62. The summed E-state index contributed by atoms with van der Waals surface area (Å²) < 4.78 is 28.4. The van der Waals surface area contributed by atoms with Crippen molar-refractivity contribution in [3.05, 3.63) is 53.4 Å². The molecule has 0 spiro atoms. The topological polar surface area (TPSA) is 29.9 Å². The van der Waals surface area contributed by atoms with Gasteiger partial charge in [-0.15, -0.1) is 0 Å². The van der Waals surface area contributed by atoms with Crippen LogP contribution >= 0.6 is 0 Å². The highest BCUT2D eigenvalue weighted by molar-refractivity contribution is 5.20. The smallest absolute Gasteiger partial charge is 0.129 e. The number of rotatable bonds is 6. The lowest BCUT2D eigenvalue weighted by Crippen LogP contribution is -2.30. The van der Waals surface area contributed by atoms with Gasteiger partial charge in [0.05, 0.1) is 6.20 Å². The molecule has 0 aliphatic rings. The molecule has 20 heavy (non-hydrogen) atoms. The van der Waals surface area contributed by atoms with E-state index in [1.165, 1.54) is 12.1 Å². The van der Waals surface area contributed by atoms with Crippen molar-refractivity contribution in [2.24, 2.45) is 0 Å². The molecule has 1 N–H and O–H groups in total. The third kappa shape index (κ3) is 3.63. The minimum Gasteiger partial charge on any atom is -0.316 e. The van der Waals surface area contributed by atoms with Crippen molar-refractivity contribution in [1.82, 2.24) is 15.1 Å². The summed E-state index contributed by atoms with van der Waals surface area (Å²) in [6, 6.07) is 3.81. The average Bonchev–Trinajstić information content (AvgIpc) is 2.88. The second-order valence-corrected chi connectivity index (χ2v) is 4.83. The number of hydrogen-bond acceptors (Lipinski definition) is 2.